The molecule has 0 aliphatic rings. The molecule has 0 saturated heterocycles. The standard InChI is InChI=1S/C24H27FN2O4/c1-3-4-5-13-31-22-20(30-2)10-9-17-15-19(24(29)27-21(17)22)23(28)26-12-11-16-7-6-8-18(25)14-16/h6-10,14-15H,3-5,11-13H2,1-2H3,(H,26,28)(H,27,29). The van der Waals surface area contributed by atoms with Gasteiger partial charge >= 0.3 is 0 Å². The molecule has 1 heterocycles. The van der Waals surface area contributed by atoms with E-state index in [9.17, 15) is 14.0 Å². The van der Waals surface area contributed by atoms with Gasteiger partial charge in [0, 0.05) is 11.9 Å². The van der Waals surface area contributed by atoms with Crippen LogP contribution in [0, 0.1) is 5.82 Å². The van der Waals surface area contributed by atoms with Crippen LogP contribution in [0.4, 0.5) is 4.39 Å². The first-order chi connectivity index (χ1) is 15.0. The van der Waals surface area contributed by atoms with E-state index in [0.29, 0.717) is 35.4 Å². The molecule has 1 aromatic heterocycles. The summed E-state index contributed by atoms with van der Waals surface area (Å²) in [6.07, 6.45) is 3.47. The number of carbonyl (C=O) groups excluding carboxylic acids is 1. The number of aromatic amines is 1. The number of aromatic nitrogens is 1. The Morgan fingerprint density at radius 1 is 1.16 bits per heavy atom. The van der Waals surface area contributed by atoms with E-state index in [1.54, 1.807) is 37.4 Å². The second-order valence-electron chi connectivity index (χ2n) is 7.26. The average Bonchev–Trinajstić information content (AvgIpc) is 2.76. The fourth-order valence-electron chi connectivity index (χ4n) is 3.34. The third-order valence-electron chi connectivity index (χ3n) is 4.98. The van der Waals surface area contributed by atoms with Gasteiger partial charge in [0.25, 0.3) is 11.5 Å². The van der Waals surface area contributed by atoms with Crippen LogP contribution in [0.1, 0.15) is 42.1 Å². The monoisotopic (exact) mass is 426 g/mol. The molecule has 0 aliphatic heterocycles. The Balaban J connectivity index is 1.77. The van der Waals surface area contributed by atoms with E-state index in [2.05, 4.69) is 17.2 Å². The van der Waals surface area contributed by atoms with Crippen LogP contribution < -0.4 is 20.3 Å². The van der Waals surface area contributed by atoms with Crippen LogP contribution in [-0.2, 0) is 6.42 Å². The number of unbranched alkanes of at least 4 members (excludes halogenated alkanes) is 2. The number of halogens is 1. The summed E-state index contributed by atoms with van der Waals surface area (Å²) in [5.41, 5.74) is 0.762. The molecule has 7 heteroatoms. The predicted molar refractivity (Wildman–Crippen MR) is 119 cm³/mol. The van der Waals surface area contributed by atoms with Crippen LogP contribution in [0.3, 0.4) is 0 Å². The Morgan fingerprint density at radius 3 is 2.74 bits per heavy atom. The largest absolute Gasteiger partial charge is 0.493 e. The number of nitrogens with one attached hydrogen (secondary N) is 2. The Labute approximate surface area is 180 Å². The molecule has 0 saturated carbocycles. The number of amides is 1. The summed E-state index contributed by atoms with van der Waals surface area (Å²) >= 11 is 0. The SMILES string of the molecule is CCCCCOc1c(OC)ccc2cc(C(=O)NCCc3cccc(F)c3)c(=O)[nH]c12. The number of ether oxygens (including phenoxy) is 2. The molecule has 6 nitrogen and oxygen atoms in total. The van der Waals surface area contributed by atoms with Crippen molar-refractivity contribution < 1.29 is 18.7 Å². The molecule has 0 unspecified atom stereocenters. The summed E-state index contributed by atoms with van der Waals surface area (Å²) < 4.78 is 24.5. The van der Waals surface area contributed by atoms with E-state index in [1.165, 1.54) is 12.1 Å². The van der Waals surface area contributed by atoms with Crippen LogP contribution in [0.5, 0.6) is 11.5 Å². The molecule has 0 aliphatic carbocycles. The molecule has 31 heavy (non-hydrogen) atoms. The highest BCUT2D eigenvalue weighted by molar-refractivity contribution is 5.98. The maximum Gasteiger partial charge on any atom is 0.261 e. The van der Waals surface area contributed by atoms with Gasteiger partial charge in [-0.2, -0.15) is 0 Å². The van der Waals surface area contributed by atoms with Crippen molar-refractivity contribution in [3.63, 3.8) is 0 Å². The summed E-state index contributed by atoms with van der Waals surface area (Å²) in [6, 6.07) is 11.3. The minimum absolute atomic E-state index is 0.00819. The molecule has 164 valence electrons. The maximum absolute atomic E-state index is 13.3. The minimum atomic E-state index is -0.512. The van der Waals surface area contributed by atoms with Crippen LogP contribution in [-0.4, -0.2) is 31.2 Å². The molecule has 3 rings (SSSR count). The van der Waals surface area contributed by atoms with Gasteiger partial charge in [-0.25, -0.2) is 4.39 Å². The molecule has 0 fully saturated rings. The zero-order chi connectivity index (χ0) is 22.2. The van der Waals surface area contributed by atoms with Gasteiger partial charge in [-0.15, -0.1) is 0 Å². The summed E-state index contributed by atoms with van der Waals surface area (Å²) in [6.45, 7) is 2.91. The van der Waals surface area contributed by atoms with Crippen LogP contribution in [0.15, 0.2) is 47.3 Å². The predicted octanol–water partition coefficient (Wildman–Crippen LogP) is 4.22. The summed E-state index contributed by atoms with van der Waals surface area (Å²) in [5.74, 6) is 0.178. The number of fused-ring (bicyclic) bond motifs is 1. The number of methoxy groups -OCH3 is 1. The Hall–Kier alpha value is -3.35. The Bertz CT molecular complexity index is 1110. The first-order valence-corrected chi connectivity index (χ1v) is 10.4. The molecule has 0 radical (unpaired) electrons. The summed E-state index contributed by atoms with van der Waals surface area (Å²) in [7, 11) is 1.54. The lowest BCUT2D eigenvalue weighted by Crippen LogP contribution is -2.31. The molecule has 2 aromatic carbocycles. The number of benzene rings is 2. The number of hydrogen-bond donors (Lipinski definition) is 2. The van der Waals surface area contributed by atoms with E-state index in [-0.39, 0.29) is 17.9 Å². The van der Waals surface area contributed by atoms with Crippen molar-refractivity contribution in [1.29, 1.82) is 0 Å². The fraction of sp³-hybridized carbons (Fsp3) is 0.333. The normalized spacial score (nSPS) is 10.8. The highest BCUT2D eigenvalue weighted by Crippen LogP contribution is 2.34. The molecule has 1 amide bonds. The minimum Gasteiger partial charge on any atom is -0.493 e. The van der Waals surface area contributed by atoms with Crippen LogP contribution in [0.25, 0.3) is 10.9 Å². The Kier molecular flexibility index (Phi) is 7.65. The van der Waals surface area contributed by atoms with Crippen molar-refractivity contribution in [3.8, 4) is 11.5 Å². The quantitative estimate of drug-likeness (QED) is 0.476. The zero-order valence-electron chi connectivity index (χ0n) is 17.8. The molecule has 0 spiro atoms. The maximum atomic E-state index is 13.3. The molecule has 0 atom stereocenters. The van der Waals surface area contributed by atoms with E-state index in [0.717, 1.165) is 24.8 Å². The van der Waals surface area contributed by atoms with Gasteiger partial charge in [-0.3, -0.25) is 9.59 Å². The van der Waals surface area contributed by atoms with Gasteiger partial charge in [-0.05, 0) is 48.7 Å². The van der Waals surface area contributed by atoms with Gasteiger partial charge in [-0.1, -0.05) is 31.9 Å². The molecule has 0 bridgehead atoms. The summed E-state index contributed by atoms with van der Waals surface area (Å²) in [5, 5.41) is 3.39. The lowest BCUT2D eigenvalue weighted by atomic mass is 10.1. The smallest absolute Gasteiger partial charge is 0.261 e. The van der Waals surface area contributed by atoms with Gasteiger partial charge < -0.3 is 19.8 Å². The van der Waals surface area contributed by atoms with Crippen molar-refractivity contribution in [2.45, 2.75) is 32.6 Å². The lowest BCUT2D eigenvalue weighted by molar-refractivity contribution is 0.0953. The third-order valence-corrected chi connectivity index (χ3v) is 4.98. The van der Waals surface area contributed by atoms with Gasteiger partial charge in [0.15, 0.2) is 11.5 Å². The highest BCUT2D eigenvalue weighted by atomic mass is 19.1. The number of carbonyl (C=O) groups is 1. The Morgan fingerprint density at radius 2 is 2.00 bits per heavy atom. The number of H-pyrrole nitrogens is 1. The molecular weight excluding hydrogens is 399 g/mol. The second kappa shape index (κ2) is 10.6. The third kappa shape index (κ3) is 5.63. The molecule has 3 aromatic rings. The topological polar surface area (TPSA) is 80.4 Å². The summed E-state index contributed by atoms with van der Waals surface area (Å²) in [4.78, 5) is 27.9. The van der Waals surface area contributed by atoms with E-state index >= 15 is 0 Å². The number of rotatable bonds is 10. The van der Waals surface area contributed by atoms with E-state index < -0.39 is 11.5 Å². The zero-order valence-corrected chi connectivity index (χ0v) is 17.8. The first-order valence-electron chi connectivity index (χ1n) is 10.4. The van der Waals surface area contributed by atoms with Crippen molar-refractivity contribution in [3.05, 3.63) is 69.8 Å². The van der Waals surface area contributed by atoms with Crippen molar-refractivity contribution in [1.82, 2.24) is 10.3 Å². The van der Waals surface area contributed by atoms with Gasteiger partial charge in [0.2, 0.25) is 0 Å². The number of pyridine rings is 1. The highest BCUT2D eigenvalue weighted by Gasteiger charge is 2.16. The fourth-order valence-corrected chi connectivity index (χ4v) is 3.34. The van der Waals surface area contributed by atoms with Crippen molar-refractivity contribution in [2.24, 2.45) is 0 Å². The van der Waals surface area contributed by atoms with E-state index in [1.807, 2.05) is 0 Å². The lowest BCUT2D eigenvalue weighted by Gasteiger charge is -2.14. The second-order valence-corrected chi connectivity index (χ2v) is 7.26. The van der Waals surface area contributed by atoms with Crippen LogP contribution >= 0.6 is 0 Å². The van der Waals surface area contributed by atoms with E-state index in [4.69, 9.17) is 9.47 Å². The molecular formula is C24H27FN2O4. The number of hydrogen-bond acceptors (Lipinski definition) is 4. The van der Waals surface area contributed by atoms with Crippen molar-refractivity contribution in [2.75, 3.05) is 20.3 Å². The van der Waals surface area contributed by atoms with Crippen molar-refractivity contribution >= 4 is 16.8 Å². The van der Waals surface area contributed by atoms with Gasteiger partial charge in [0.1, 0.15) is 11.4 Å². The van der Waals surface area contributed by atoms with Gasteiger partial charge in [0.05, 0.1) is 19.2 Å². The molecule has 2 N–H and O–H groups in total. The average molecular weight is 426 g/mol. The van der Waals surface area contributed by atoms with Crippen LogP contribution in [0.2, 0.25) is 0 Å². The first kappa shape index (κ1) is 22.3.